The second kappa shape index (κ2) is 9.05. The lowest BCUT2D eigenvalue weighted by atomic mass is 10.1. The van der Waals surface area contributed by atoms with E-state index in [9.17, 15) is 4.79 Å². The fourth-order valence-corrected chi connectivity index (χ4v) is 3.11. The van der Waals surface area contributed by atoms with Crippen molar-refractivity contribution in [3.05, 3.63) is 108 Å². The van der Waals surface area contributed by atoms with Crippen molar-refractivity contribution < 1.29 is 14.3 Å². The van der Waals surface area contributed by atoms with E-state index in [1.165, 1.54) is 0 Å². The average Bonchev–Trinajstić information content (AvgIpc) is 2.81. The Morgan fingerprint density at radius 2 is 1.70 bits per heavy atom. The lowest BCUT2D eigenvalue weighted by molar-refractivity contribution is 0.104. The summed E-state index contributed by atoms with van der Waals surface area (Å²) >= 11 is 0. The van der Waals surface area contributed by atoms with Crippen molar-refractivity contribution in [2.75, 3.05) is 7.11 Å². The Labute approximate surface area is 175 Å². The number of ketones is 1. The van der Waals surface area contributed by atoms with Crippen LogP contribution in [-0.4, -0.2) is 17.9 Å². The minimum absolute atomic E-state index is 0.0973. The molecule has 0 radical (unpaired) electrons. The highest BCUT2D eigenvalue weighted by Crippen LogP contribution is 2.29. The molecule has 0 saturated heterocycles. The van der Waals surface area contributed by atoms with Crippen LogP contribution in [0.25, 0.3) is 17.0 Å². The van der Waals surface area contributed by atoms with Crippen LogP contribution in [0.1, 0.15) is 21.6 Å². The lowest BCUT2D eigenvalue weighted by Crippen LogP contribution is -2.02. The lowest BCUT2D eigenvalue weighted by Gasteiger charge is -2.11. The van der Waals surface area contributed by atoms with Crippen molar-refractivity contribution in [2.45, 2.75) is 6.61 Å². The highest BCUT2D eigenvalue weighted by molar-refractivity contribution is 6.07. The number of ether oxygens (including phenoxy) is 2. The maximum absolute atomic E-state index is 12.5. The molecule has 4 nitrogen and oxygen atoms in total. The van der Waals surface area contributed by atoms with Gasteiger partial charge in [0, 0.05) is 10.9 Å². The molecule has 1 aromatic heterocycles. The number of methoxy groups -OCH3 is 1. The van der Waals surface area contributed by atoms with Gasteiger partial charge in [-0.2, -0.15) is 0 Å². The third-order valence-electron chi connectivity index (χ3n) is 4.71. The van der Waals surface area contributed by atoms with Gasteiger partial charge in [-0.25, -0.2) is 4.98 Å². The molecule has 0 amide bonds. The Kier molecular flexibility index (Phi) is 5.85. The quantitative estimate of drug-likeness (QED) is 0.297. The third-order valence-corrected chi connectivity index (χ3v) is 4.71. The number of hydrogen-bond acceptors (Lipinski definition) is 4. The molecule has 0 aliphatic rings. The van der Waals surface area contributed by atoms with E-state index in [4.69, 9.17) is 9.47 Å². The van der Waals surface area contributed by atoms with Crippen molar-refractivity contribution in [2.24, 2.45) is 0 Å². The number of pyridine rings is 1. The molecular formula is C26H21NO3. The van der Waals surface area contributed by atoms with E-state index in [1.807, 2.05) is 66.7 Å². The molecule has 0 aliphatic heterocycles. The summed E-state index contributed by atoms with van der Waals surface area (Å²) in [6.45, 7) is 0.308. The summed E-state index contributed by atoms with van der Waals surface area (Å²) in [5.74, 6) is 0.977. The molecule has 1 heterocycles. The third kappa shape index (κ3) is 4.55. The predicted octanol–water partition coefficient (Wildman–Crippen LogP) is 5.72. The fraction of sp³-hybridized carbons (Fsp3) is 0.0769. The molecule has 0 unspecified atom stereocenters. The molecule has 0 atom stereocenters. The molecule has 4 heteroatoms. The fourth-order valence-electron chi connectivity index (χ4n) is 3.11. The number of para-hydroxylation sites is 1. The summed E-state index contributed by atoms with van der Waals surface area (Å²) in [6, 6.07) is 26.8. The van der Waals surface area contributed by atoms with Gasteiger partial charge in [0.05, 0.1) is 18.3 Å². The van der Waals surface area contributed by atoms with E-state index in [0.29, 0.717) is 23.7 Å². The van der Waals surface area contributed by atoms with Crippen LogP contribution in [0.3, 0.4) is 0 Å². The van der Waals surface area contributed by atoms with Crippen molar-refractivity contribution in [3.8, 4) is 11.5 Å². The molecule has 0 N–H and O–H groups in total. The molecule has 0 spiro atoms. The van der Waals surface area contributed by atoms with Crippen LogP contribution in [0.2, 0.25) is 0 Å². The van der Waals surface area contributed by atoms with Crippen LogP contribution in [0.5, 0.6) is 11.5 Å². The van der Waals surface area contributed by atoms with E-state index < -0.39 is 0 Å². The first kappa shape index (κ1) is 19.4. The van der Waals surface area contributed by atoms with E-state index in [-0.39, 0.29) is 5.78 Å². The molecule has 0 bridgehead atoms. The van der Waals surface area contributed by atoms with Crippen LogP contribution in [0.4, 0.5) is 0 Å². The number of benzene rings is 3. The van der Waals surface area contributed by atoms with Gasteiger partial charge < -0.3 is 9.47 Å². The molecular weight excluding hydrogens is 374 g/mol. The molecule has 4 rings (SSSR count). The van der Waals surface area contributed by atoms with E-state index in [1.54, 1.807) is 37.5 Å². The first-order chi connectivity index (χ1) is 14.7. The minimum Gasteiger partial charge on any atom is -0.493 e. The number of rotatable bonds is 7. The first-order valence-corrected chi connectivity index (χ1v) is 9.66. The predicted molar refractivity (Wildman–Crippen MR) is 119 cm³/mol. The molecule has 0 fully saturated rings. The van der Waals surface area contributed by atoms with Gasteiger partial charge in [0.2, 0.25) is 0 Å². The Hall–Kier alpha value is -3.92. The van der Waals surface area contributed by atoms with Crippen molar-refractivity contribution in [1.29, 1.82) is 0 Å². The summed E-state index contributed by atoms with van der Waals surface area (Å²) in [4.78, 5) is 17.1. The SMILES string of the molecule is COc1cc(C(=O)/C=C/c2ccccc2)ccc1OCc1ccc2ccccc2n1. The molecule has 0 saturated carbocycles. The summed E-state index contributed by atoms with van der Waals surface area (Å²) in [5, 5.41) is 1.09. The smallest absolute Gasteiger partial charge is 0.185 e. The minimum atomic E-state index is -0.0973. The topological polar surface area (TPSA) is 48.4 Å². The number of fused-ring (bicyclic) bond motifs is 1. The standard InChI is InChI=1S/C26H21NO3/c1-29-26-17-21(24(28)15-11-19-7-3-2-4-8-19)13-16-25(26)30-18-22-14-12-20-9-5-6-10-23(20)27-22/h2-17H,18H2,1H3/b15-11+. The average molecular weight is 395 g/mol. The van der Waals surface area contributed by atoms with Gasteiger partial charge in [-0.15, -0.1) is 0 Å². The van der Waals surface area contributed by atoms with Gasteiger partial charge in [0.15, 0.2) is 17.3 Å². The van der Waals surface area contributed by atoms with Crippen LogP contribution in [-0.2, 0) is 6.61 Å². The van der Waals surface area contributed by atoms with Gasteiger partial charge in [-0.1, -0.05) is 60.7 Å². The molecule has 4 aromatic rings. The number of hydrogen-bond donors (Lipinski definition) is 0. The summed E-state index contributed by atoms with van der Waals surface area (Å²) in [5.41, 5.74) is 3.26. The Morgan fingerprint density at radius 1 is 0.900 bits per heavy atom. The number of carbonyl (C=O) groups excluding carboxylic acids is 1. The van der Waals surface area contributed by atoms with E-state index in [2.05, 4.69) is 4.98 Å². The van der Waals surface area contributed by atoms with Gasteiger partial charge in [-0.3, -0.25) is 4.79 Å². The van der Waals surface area contributed by atoms with Gasteiger partial charge in [0.1, 0.15) is 6.61 Å². The van der Waals surface area contributed by atoms with E-state index in [0.717, 1.165) is 22.2 Å². The molecule has 30 heavy (non-hydrogen) atoms. The Morgan fingerprint density at radius 3 is 2.53 bits per heavy atom. The number of nitrogens with zero attached hydrogens (tertiary/aromatic N) is 1. The molecule has 0 aliphatic carbocycles. The van der Waals surface area contributed by atoms with Crippen molar-refractivity contribution in [3.63, 3.8) is 0 Å². The maximum Gasteiger partial charge on any atom is 0.185 e. The number of allylic oxidation sites excluding steroid dienone is 1. The maximum atomic E-state index is 12.5. The first-order valence-electron chi connectivity index (χ1n) is 9.66. The van der Waals surface area contributed by atoms with Crippen LogP contribution < -0.4 is 9.47 Å². The highest BCUT2D eigenvalue weighted by Gasteiger charge is 2.10. The summed E-state index contributed by atoms with van der Waals surface area (Å²) in [7, 11) is 1.56. The zero-order valence-corrected chi connectivity index (χ0v) is 16.6. The van der Waals surface area contributed by atoms with Crippen molar-refractivity contribution in [1.82, 2.24) is 4.98 Å². The number of carbonyl (C=O) groups is 1. The van der Waals surface area contributed by atoms with Gasteiger partial charge >= 0.3 is 0 Å². The second-order valence-electron chi connectivity index (χ2n) is 6.76. The largest absolute Gasteiger partial charge is 0.493 e. The van der Waals surface area contributed by atoms with Gasteiger partial charge in [-0.05, 0) is 42.0 Å². The zero-order valence-electron chi connectivity index (χ0n) is 16.6. The molecule has 3 aromatic carbocycles. The van der Waals surface area contributed by atoms with Crippen molar-refractivity contribution >= 4 is 22.8 Å². The molecule has 148 valence electrons. The number of aromatic nitrogens is 1. The monoisotopic (exact) mass is 395 g/mol. The van der Waals surface area contributed by atoms with Gasteiger partial charge in [0.25, 0.3) is 0 Å². The van der Waals surface area contributed by atoms with Crippen LogP contribution >= 0.6 is 0 Å². The Bertz CT molecular complexity index is 1200. The zero-order chi connectivity index (χ0) is 20.8. The summed E-state index contributed by atoms with van der Waals surface area (Å²) < 4.78 is 11.3. The summed E-state index contributed by atoms with van der Waals surface area (Å²) in [6.07, 6.45) is 3.36. The Balaban J connectivity index is 1.47. The highest BCUT2D eigenvalue weighted by atomic mass is 16.5. The van der Waals surface area contributed by atoms with Crippen LogP contribution in [0.15, 0.2) is 91.0 Å². The van der Waals surface area contributed by atoms with E-state index >= 15 is 0 Å². The second-order valence-corrected chi connectivity index (χ2v) is 6.76. The van der Waals surface area contributed by atoms with Crippen LogP contribution in [0, 0.1) is 0 Å². The normalized spacial score (nSPS) is 11.0.